The van der Waals surface area contributed by atoms with E-state index in [9.17, 15) is 4.79 Å². The van der Waals surface area contributed by atoms with E-state index in [-0.39, 0.29) is 11.4 Å². The lowest BCUT2D eigenvalue weighted by Gasteiger charge is -2.51. The van der Waals surface area contributed by atoms with Gasteiger partial charge < -0.3 is 4.74 Å². The Morgan fingerprint density at radius 1 is 1.44 bits per heavy atom. The molecule has 2 heteroatoms. The van der Waals surface area contributed by atoms with Crippen LogP contribution in [0.25, 0.3) is 0 Å². The van der Waals surface area contributed by atoms with Gasteiger partial charge in [-0.25, -0.2) is 0 Å². The molecule has 4 rings (SSSR count). The maximum Gasteiger partial charge on any atom is 0.312 e. The second-order valence-electron chi connectivity index (χ2n) is 6.81. The molecule has 1 unspecified atom stereocenters. The maximum absolute atomic E-state index is 11.9. The Balaban J connectivity index is 1.63. The molecule has 4 aliphatic rings. The van der Waals surface area contributed by atoms with Gasteiger partial charge in [-0.3, -0.25) is 4.79 Å². The van der Waals surface area contributed by atoms with Crippen LogP contribution in [0.5, 0.6) is 0 Å². The second kappa shape index (κ2) is 3.24. The number of hydrogen-bond donors (Lipinski definition) is 0. The smallest absolute Gasteiger partial charge is 0.312 e. The summed E-state index contributed by atoms with van der Waals surface area (Å²) in [7, 11) is 0. The third-order valence-electron chi connectivity index (χ3n) is 5.09. The number of carbonyl (C=O) groups is 1. The maximum atomic E-state index is 11.9. The van der Waals surface area contributed by atoms with Gasteiger partial charge in [0.25, 0.3) is 0 Å². The summed E-state index contributed by atoms with van der Waals surface area (Å²) in [6, 6.07) is 0. The summed E-state index contributed by atoms with van der Waals surface area (Å²) in [5, 5.41) is 0. The van der Waals surface area contributed by atoms with Gasteiger partial charge in [-0.1, -0.05) is 26.7 Å². The molecule has 0 aromatic carbocycles. The first kappa shape index (κ1) is 10.6. The number of cyclic esters (lactones) is 1. The first-order chi connectivity index (χ1) is 7.56. The Kier molecular flexibility index (Phi) is 2.15. The van der Waals surface area contributed by atoms with Gasteiger partial charge in [0.05, 0.1) is 12.0 Å². The molecule has 16 heavy (non-hydrogen) atoms. The lowest BCUT2D eigenvalue weighted by Crippen LogP contribution is -2.53. The minimum atomic E-state index is -0.0186. The summed E-state index contributed by atoms with van der Waals surface area (Å²) in [6.45, 7) is 5.27. The molecule has 3 aliphatic carbocycles. The molecule has 3 saturated carbocycles. The summed E-state index contributed by atoms with van der Waals surface area (Å²) in [6.07, 6.45) is 7.38. The van der Waals surface area contributed by atoms with Crippen LogP contribution < -0.4 is 0 Å². The fraction of sp³-hybridized carbons (Fsp3) is 0.929. The summed E-state index contributed by atoms with van der Waals surface area (Å²) in [5.74, 6) is 1.56. The SMILES string of the molecule is CC(C)CCCC1CC23COC(=O)C1(C2)C3. The zero-order valence-electron chi connectivity index (χ0n) is 10.4. The third kappa shape index (κ3) is 1.28. The van der Waals surface area contributed by atoms with Crippen molar-refractivity contribution in [2.45, 2.75) is 52.4 Å². The quantitative estimate of drug-likeness (QED) is 0.683. The fourth-order valence-electron chi connectivity index (χ4n) is 4.42. The van der Waals surface area contributed by atoms with Crippen LogP contribution in [-0.4, -0.2) is 12.6 Å². The average Bonchev–Trinajstić information content (AvgIpc) is 2.59. The number of esters is 1. The molecule has 1 heterocycles. The minimum absolute atomic E-state index is 0.0186. The Hall–Kier alpha value is -0.530. The van der Waals surface area contributed by atoms with E-state index in [1.165, 1.54) is 25.7 Å². The standard InChI is InChI=1S/C14H22O2/c1-10(2)4-3-5-11-6-13-7-14(11,8-13)12(15)16-9-13/h10-11H,3-9H2,1-2H3. The molecule has 2 nitrogen and oxygen atoms in total. The molecule has 0 amide bonds. The van der Waals surface area contributed by atoms with Crippen LogP contribution in [0.2, 0.25) is 0 Å². The fourth-order valence-corrected chi connectivity index (χ4v) is 4.42. The van der Waals surface area contributed by atoms with Gasteiger partial charge in [0, 0.05) is 5.41 Å². The zero-order chi connectivity index (χ0) is 11.4. The number of rotatable bonds is 4. The number of hydrogen-bond acceptors (Lipinski definition) is 2. The van der Waals surface area contributed by atoms with Crippen molar-refractivity contribution in [2.24, 2.45) is 22.7 Å². The van der Waals surface area contributed by atoms with E-state index in [1.807, 2.05) is 0 Å². The highest BCUT2D eigenvalue weighted by atomic mass is 16.5. The predicted octanol–water partition coefficient (Wildman–Crippen LogP) is 3.16. The highest BCUT2D eigenvalue weighted by Crippen LogP contribution is 2.73. The van der Waals surface area contributed by atoms with Crippen molar-refractivity contribution >= 4 is 5.97 Å². The largest absolute Gasteiger partial charge is 0.465 e. The van der Waals surface area contributed by atoms with Crippen molar-refractivity contribution in [3.63, 3.8) is 0 Å². The van der Waals surface area contributed by atoms with Gasteiger partial charge in [-0.05, 0) is 37.5 Å². The van der Waals surface area contributed by atoms with E-state index >= 15 is 0 Å². The van der Waals surface area contributed by atoms with Crippen molar-refractivity contribution in [3.05, 3.63) is 0 Å². The number of carbonyl (C=O) groups excluding carboxylic acids is 1. The van der Waals surface area contributed by atoms with E-state index in [0.29, 0.717) is 17.9 Å². The van der Waals surface area contributed by atoms with Crippen LogP contribution in [0.1, 0.15) is 52.4 Å². The van der Waals surface area contributed by atoms with Crippen molar-refractivity contribution in [2.75, 3.05) is 6.61 Å². The molecule has 0 aromatic rings. The van der Waals surface area contributed by atoms with Gasteiger partial charge >= 0.3 is 5.97 Å². The molecule has 4 fully saturated rings. The Labute approximate surface area is 97.7 Å². The highest BCUT2D eigenvalue weighted by Gasteiger charge is 2.73. The van der Waals surface area contributed by atoms with Crippen molar-refractivity contribution in [1.82, 2.24) is 0 Å². The van der Waals surface area contributed by atoms with E-state index in [1.54, 1.807) is 0 Å². The molecule has 1 saturated heterocycles. The lowest BCUT2D eigenvalue weighted by atomic mass is 9.57. The molecule has 0 aromatic heterocycles. The molecular weight excluding hydrogens is 200 g/mol. The van der Waals surface area contributed by atoms with E-state index in [0.717, 1.165) is 18.8 Å². The molecule has 0 N–H and O–H groups in total. The van der Waals surface area contributed by atoms with Gasteiger partial charge in [0.15, 0.2) is 0 Å². The summed E-state index contributed by atoms with van der Waals surface area (Å²) >= 11 is 0. The summed E-state index contributed by atoms with van der Waals surface area (Å²) < 4.78 is 5.33. The lowest BCUT2D eigenvalue weighted by molar-refractivity contribution is -0.191. The van der Waals surface area contributed by atoms with Crippen molar-refractivity contribution in [3.8, 4) is 0 Å². The topological polar surface area (TPSA) is 26.3 Å². The van der Waals surface area contributed by atoms with Gasteiger partial charge in [-0.2, -0.15) is 0 Å². The number of ether oxygens (including phenoxy) is 1. The average molecular weight is 222 g/mol. The molecule has 0 spiro atoms. The van der Waals surface area contributed by atoms with Crippen LogP contribution in [0, 0.1) is 22.7 Å². The normalized spacial score (nSPS) is 44.4. The van der Waals surface area contributed by atoms with Gasteiger partial charge in [0.2, 0.25) is 0 Å². The summed E-state index contributed by atoms with van der Waals surface area (Å²) in [5.41, 5.74) is 0.408. The van der Waals surface area contributed by atoms with Crippen LogP contribution >= 0.6 is 0 Å². The van der Waals surface area contributed by atoms with E-state index < -0.39 is 0 Å². The van der Waals surface area contributed by atoms with Crippen molar-refractivity contribution < 1.29 is 9.53 Å². The Morgan fingerprint density at radius 2 is 2.19 bits per heavy atom. The van der Waals surface area contributed by atoms with Crippen LogP contribution in [-0.2, 0) is 9.53 Å². The van der Waals surface area contributed by atoms with Crippen LogP contribution in [0.4, 0.5) is 0 Å². The Bertz CT molecular complexity index is 313. The molecular formula is C14H22O2. The highest BCUT2D eigenvalue weighted by molar-refractivity contribution is 5.81. The second-order valence-corrected chi connectivity index (χ2v) is 6.81. The molecule has 1 atom stereocenters. The zero-order valence-corrected chi connectivity index (χ0v) is 10.4. The molecule has 2 bridgehead atoms. The Morgan fingerprint density at radius 3 is 2.88 bits per heavy atom. The third-order valence-corrected chi connectivity index (χ3v) is 5.09. The first-order valence-corrected chi connectivity index (χ1v) is 6.74. The van der Waals surface area contributed by atoms with E-state index in [4.69, 9.17) is 4.74 Å². The van der Waals surface area contributed by atoms with Crippen LogP contribution in [0.3, 0.4) is 0 Å². The van der Waals surface area contributed by atoms with Crippen LogP contribution in [0.15, 0.2) is 0 Å². The van der Waals surface area contributed by atoms with Crippen molar-refractivity contribution in [1.29, 1.82) is 0 Å². The van der Waals surface area contributed by atoms with E-state index in [2.05, 4.69) is 13.8 Å². The first-order valence-electron chi connectivity index (χ1n) is 6.74. The monoisotopic (exact) mass is 222 g/mol. The number of fused-ring (bicyclic) bond motifs is 1. The molecule has 1 aliphatic heterocycles. The molecule has 90 valence electrons. The van der Waals surface area contributed by atoms with Gasteiger partial charge in [-0.15, -0.1) is 0 Å². The minimum Gasteiger partial charge on any atom is -0.465 e. The molecule has 0 radical (unpaired) electrons. The summed E-state index contributed by atoms with van der Waals surface area (Å²) in [4.78, 5) is 11.9. The predicted molar refractivity (Wildman–Crippen MR) is 61.9 cm³/mol. The van der Waals surface area contributed by atoms with Gasteiger partial charge in [0.1, 0.15) is 0 Å².